The summed E-state index contributed by atoms with van der Waals surface area (Å²) in [5, 5.41) is 12.2. The molecule has 0 saturated carbocycles. The zero-order valence-electron chi connectivity index (χ0n) is 9.03. The molecule has 1 fully saturated rings. The van der Waals surface area contributed by atoms with Crippen LogP contribution in [0.5, 0.6) is 0 Å². The summed E-state index contributed by atoms with van der Waals surface area (Å²) in [6.45, 7) is 2.88. The maximum Gasteiger partial charge on any atom is 0.0992 e. The highest BCUT2D eigenvalue weighted by atomic mass is 79.9. The summed E-state index contributed by atoms with van der Waals surface area (Å²) in [6.07, 6.45) is 1.26. The predicted molar refractivity (Wildman–Crippen MR) is 66.3 cm³/mol. The molecule has 1 aliphatic rings. The Balaban J connectivity index is 2.13. The average molecular weight is 281 g/mol. The Labute approximate surface area is 104 Å². The maximum absolute atomic E-state index is 8.77. The molecule has 1 heterocycles. The molecular weight excluding hydrogens is 268 g/mol. The van der Waals surface area contributed by atoms with Crippen LogP contribution in [-0.2, 0) is 4.74 Å². The van der Waals surface area contributed by atoms with Gasteiger partial charge in [-0.25, -0.2) is 0 Å². The van der Waals surface area contributed by atoms with Crippen LogP contribution in [0.4, 0.5) is 5.69 Å². The third-order valence-electron chi connectivity index (χ3n) is 2.82. The second-order valence-corrected chi connectivity index (χ2v) is 4.78. The van der Waals surface area contributed by atoms with Crippen LogP contribution in [0.25, 0.3) is 0 Å². The molecule has 0 bridgehead atoms. The van der Waals surface area contributed by atoms with Gasteiger partial charge in [-0.1, -0.05) is 0 Å². The van der Waals surface area contributed by atoms with E-state index in [1.807, 2.05) is 18.2 Å². The Hall–Kier alpha value is -1.05. The average Bonchev–Trinajstić information content (AvgIpc) is 2.67. The van der Waals surface area contributed by atoms with E-state index in [1.165, 1.54) is 0 Å². The summed E-state index contributed by atoms with van der Waals surface area (Å²) in [7, 11) is 0. The van der Waals surface area contributed by atoms with Gasteiger partial charge >= 0.3 is 0 Å². The molecule has 0 radical (unpaired) electrons. The molecule has 0 aromatic heterocycles. The molecule has 2 unspecified atom stereocenters. The van der Waals surface area contributed by atoms with Crippen molar-refractivity contribution in [2.45, 2.75) is 25.5 Å². The van der Waals surface area contributed by atoms with Crippen LogP contribution in [0.2, 0.25) is 0 Å². The van der Waals surface area contributed by atoms with Gasteiger partial charge in [0.25, 0.3) is 0 Å². The summed E-state index contributed by atoms with van der Waals surface area (Å²) in [6, 6.07) is 8.03. The van der Waals surface area contributed by atoms with Gasteiger partial charge in [-0.15, -0.1) is 0 Å². The number of ether oxygens (including phenoxy) is 1. The van der Waals surface area contributed by atoms with Gasteiger partial charge in [-0.05, 0) is 47.5 Å². The van der Waals surface area contributed by atoms with E-state index in [0.29, 0.717) is 11.6 Å². The number of rotatable bonds is 2. The Morgan fingerprint density at radius 2 is 2.38 bits per heavy atom. The molecule has 1 aromatic rings. The van der Waals surface area contributed by atoms with Crippen LogP contribution < -0.4 is 5.32 Å². The van der Waals surface area contributed by atoms with Crippen LogP contribution in [0, 0.1) is 11.3 Å². The number of hydrogen-bond donors (Lipinski definition) is 1. The van der Waals surface area contributed by atoms with Gasteiger partial charge in [-0.2, -0.15) is 5.26 Å². The van der Waals surface area contributed by atoms with E-state index < -0.39 is 0 Å². The normalized spacial score (nSPS) is 24.1. The quantitative estimate of drug-likeness (QED) is 0.906. The van der Waals surface area contributed by atoms with Crippen molar-refractivity contribution in [3.63, 3.8) is 0 Å². The molecule has 2 rings (SSSR count). The minimum absolute atomic E-state index is 0.238. The molecule has 2 atom stereocenters. The lowest BCUT2D eigenvalue weighted by atomic mass is 10.1. The minimum Gasteiger partial charge on any atom is -0.379 e. The van der Waals surface area contributed by atoms with Gasteiger partial charge < -0.3 is 10.1 Å². The largest absolute Gasteiger partial charge is 0.379 e. The monoisotopic (exact) mass is 280 g/mol. The summed E-state index contributed by atoms with van der Waals surface area (Å²) < 4.78 is 6.41. The first kappa shape index (κ1) is 11.4. The van der Waals surface area contributed by atoms with E-state index in [4.69, 9.17) is 10.00 Å². The zero-order valence-corrected chi connectivity index (χ0v) is 10.6. The Bertz CT molecular complexity index is 428. The van der Waals surface area contributed by atoms with E-state index in [-0.39, 0.29) is 6.10 Å². The molecule has 1 aromatic carbocycles. The van der Waals surface area contributed by atoms with E-state index in [0.717, 1.165) is 23.2 Å². The standard InChI is InChI=1S/C12H13BrN2O/c1-8-11(4-5-16-8)15-12-3-2-9(7-14)6-10(12)13/h2-3,6,8,11,15H,4-5H2,1H3. The summed E-state index contributed by atoms with van der Waals surface area (Å²) in [5.74, 6) is 0. The lowest BCUT2D eigenvalue weighted by Crippen LogP contribution is -2.26. The fourth-order valence-corrected chi connectivity index (χ4v) is 2.32. The van der Waals surface area contributed by atoms with Gasteiger partial charge in [0.2, 0.25) is 0 Å². The molecule has 0 spiro atoms. The number of nitriles is 1. The summed E-state index contributed by atoms with van der Waals surface area (Å²) >= 11 is 3.46. The van der Waals surface area contributed by atoms with Crippen LogP contribution in [0.15, 0.2) is 22.7 Å². The smallest absolute Gasteiger partial charge is 0.0992 e. The molecule has 4 heteroatoms. The number of halogens is 1. The molecule has 1 aliphatic heterocycles. The Kier molecular flexibility index (Phi) is 3.47. The fraction of sp³-hybridized carbons (Fsp3) is 0.417. The summed E-state index contributed by atoms with van der Waals surface area (Å²) in [4.78, 5) is 0. The summed E-state index contributed by atoms with van der Waals surface area (Å²) in [5.41, 5.74) is 1.68. The molecule has 1 N–H and O–H groups in total. The highest BCUT2D eigenvalue weighted by Gasteiger charge is 2.24. The van der Waals surface area contributed by atoms with E-state index >= 15 is 0 Å². The number of hydrogen-bond acceptors (Lipinski definition) is 3. The van der Waals surface area contributed by atoms with Crippen LogP contribution in [-0.4, -0.2) is 18.8 Å². The highest BCUT2D eigenvalue weighted by molar-refractivity contribution is 9.10. The first-order valence-electron chi connectivity index (χ1n) is 5.28. The highest BCUT2D eigenvalue weighted by Crippen LogP contribution is 2.26. The van der Waals surface area contributed by atoms with Crippen molar-refractivity contribution in [2.24, 2.45) is 0 Å². The molecule has 0 amide bonds. The SMILES string of the molecule is CC1OCCC1Nc1ccc(C#N)cc1Br. The molecule has 16 heavy (non-hydrogen) atoms. The van der Waals surface area contributed by atoms with Crippen molar-refractivity contribution in [1.29, 1.82) is 5.26 Å². The third kappa shape index (κ3) is 2.37. The second-order valence-electron chi connectivity index (χ2n) is 3.92. The fourth-order valence-electron chi connectivity index (χ4n) is 1.82. The number of benzene rings is 1. The number of nitrogens with one attached hydrogen (secondary N) is 1. The zero-order chi connectivity index (χ0) is 11.5. The van der Waals surface area contributed by atoms with Gasteiger partial charge in [0.1, 0.15) is 0 Å². The number of nitrogens with zero attached hydrogens (tertiary/aromatic N) is 1. The Morgan fingerprint density at radius 3 is 2.94 bits per heavy atom. The van der Waals surface area contributed by atoms with Crippen LogP contribution in [0.1, 0.15) is 18.9 Å². The first-order chi connectivity index (χ1) is 7.70. The van der Waals surface area contributed by atoms with Gasteiger partial charge in [0.15, 0.2) is 0 Å². The van der Waals surface area contributed by atoms with Crippen molar-refractivity contribution in [2.75, 3.05) is 11.9 Å². The van der Waals surface area contributed by atoms with E-state index in [1.54, 1.807) is 0 Å². The minimum atomic E-state index is 0.238. The second kappa shape index (κ2) is 4.86. The maximum atomic E-state index is 8.77. The van der Waals surface area contributed by atoms with Crippen molar-refractivity contribution in [3.05, 3.63) is 28.2 Å². The van der Waals surface area contributed by atoms with E-state index in [2.05, 4.69) is 34.2 Å². The van der Waals surface area contributed by atoms with Crippen molar-refractivity contribution in [1.82, 2.24) is 0 Å². The lowest BCUT2D eigenvalue weighted by molar-refractivity contribution is 0.121. The van der Waals surface area contributed by atoms with Gasteiger partial charge in [-0.3, -0.25) is 0 Å². The van der Waals surface area contributed by atoms with Crippen molar-refractivity contribution >= 4 is 21.6 Å². The van der Waals surface area contributed by atoms with Crippen molar-refractivity contribution < 1.29 is 4.74 Å². The van der Waals surface area contributed by atoms with Crippen LogP contribution in [0.3, 0.4) is 0 Å². The van der Waals surface area contributed by atoms with Crippen molar-refractivity contribution in [3.8, 4) is 6.07 Å². The first-order valence-corrected chi connectivity index (χ1v) is 6.08. The van der Waals surface area contributed by atoms with Gasteiger partial charge in [0, 0.05) is 16.8 Å². The van der Waals surface area contributed by atoms with Crippen LogP contribution >= 0.6 is 15.9 Å². The molecule has 0 aliphatic carbocycles. The topological polar surface area (TPSA) is 45.0 Å². The molecule has 3 nitrogen and oxygen atoms in total. The van der Waals surface area contributed by atoms with E-state index in [9.17, 15) is 0 Å². The lowest BCUT2D eigenvalue weighted by Gasteiger charge is -2.18. The number of anilines is 1. The predicted octanol–water partition coefficient (Wildman–Crippen LogP) is 2.91. The molecular formula is C12H13BrN2O. The molecule has 1 saturated heterocycles. The molecule has 84 valence electrons. The van der Waals surface area contributed by atoms with Gasteiger partial charge in [0.05, 0.1) is 23.8 Å². The third-order valence-corrected chi connectivity index (χ3v) is 3.47. The Morgan fingerprint density at radius 1 is 1.56 bits per heavy atom.